The molecule has 0 saturated carbocycles. The number of rotatable bonds is 2. The quantitative estimate of drug-likeness (QED) is 0.780. The Labute approximate surface area is 143 Å². The van der Waals surface area contributed by atoms with E-state index in [1.165, 1.54) is 23.4 Å². The summed E-state index contributed by atoms with van der Waals surface area (Å²) in [4.78, 5) is 13.1. The van der Waals surface area contributed by atoms with E-state index in [9.17, 15) is 9.18 Å². The molecule has 4 rings (SSSR count). The van der Waals surface area contributed by atoms with E-state index in [1.54, 1.807) is 6.07 Å². The van der Waals surface area contributed by atoms with Gasteiger partial charge in [0.25, 0.3) is 0 Å². The molecule has 0 radical (unpaired) electrons. The summed E-state index contributed by atoms with van der Waals surface area (Å²) in [7, 11) is 0. The van der Waals surface area contributed by atoms with Gasteiger partial charge in [-0.05, 0) is 42.9 Å². The molecule has 0 bridgehead atoms. The van der Waals surface area contributed by atoms with E-state index in [0.29, 0.717) is 4.90 Å². The van der Waals surface area contributed by atoms with Crippen LogP contribution in [0, 0.1) is 5.82 Å². The third-order valence-corrected chi connectivity index (χ3v) is 5.83. The Balaban J connectivity index is 1.46. The van der Waals surface area contributed by atoms with Crippen LogP contribution in [0.1, 0.15) is 48.2 Å². The molecular formula is C17H19FN4OS. The Hall–Kier alpha value is -2.02. The highest BCUT2D eigenvalue weighted by atomic mass is 32.2. The van der Waals surface area contributed by atoms with Gasteiger partial charge < -0.3 is 10.6 Å². The number of hydrogen-bond donors (Lipinski definition) is 3. The Morgan fingerprint density at radius 2 is 2.17 bits per heavy atom. The topological polar surface area (TPSA) is 69.8 Å². The minimum atomic E-state index is -0.213. The van der Waals surface area contributed by atoms with Crippen LogP contribution in [0.15, 0.2) is 29.3 Å². The van der Waals surface area contributed by atoms with Crippen molar-refractivity contribution in [2.75, 3.05) is 5.75 Å². The summed E-state index contributed by atoms with van der Waals surface area (Å²) >= 11 is 1.51. The molecule has 3 N–H and O–H groups in total. The first-order valence-corrected chi connectivity index (χ1v) is 9.21. The monoisotopic (exact) mass is 346 g/mol. The number of amides is 2. The molecule has 1 aliphatic heterocycles. The molecule has 0 saturated heterocycles. The number of carbonyl (C=O) groups excluding carboxylic acids is 1. The number of thioether (sulfide) groups is 1. The molecule has 2 amide bonds. The maximum atomic E-state index is 13.9. The van der Waals surface area contributed by atoms with Crippen LogP contribution in [-0.4, -0.2) is 22.0 Å². The molecule has 1 aromatic carbocycles. The largest absolute Gasteiger partial charge is 0.331 e. The molecule has 1 aliphatic carbocycles. The van der Waals surface area contributed by atoms with Crippen molar-refractivity contribution in [1.29, 1.82) is 0 Å². The molecule has 0 fully saturated rings. The van der Waals surface area contributed by atoms with Gasteiger partial charge in [-0.25, -0.2) is 9.18 Å². The fraction of sp³-hybridized carbons (Fsp3) is 0.412. The first-order chi connectivity index (χ1) is 11.7. The predicted molar refractivity (Wildman–Crippen MR) is 90.4 cm³/mol. The number of nitrogens with one attached hydrogen (secondary N) is 3. The van der Waals surface area contributed by atoms with Gasteiger partial charge in [-0.1, -0.05) is 12.1 Å². The summed E-state index contributed by atoms with van der Waals surface area (Å²) in [5.41, 5.74) is 3.04. The second kappa shape index (κ2) is 6.47. The average Bonchev–Trinajstić information content (AvgIpc) is 3.06. The number of H-pyrrole nitrogens is 1. The first kappa shape index (κ1) is 15.5. The number of urea groups is 1. The van der Waals surface area contributed by atoms with E-state index in [4.69, 9.17) is 0 Å². The second-order valence-corrected chi connectivity index (χ2v) is 7.32. The van der Waals surface area contributed by atoms with Gasteiger partial charge in [0.1, 0.15) is 5.82 Å². The van der Waals surface area contributed by atoms with Crippen LogP contribution >= 0.6 is 11.8 Å². The highest BCUT2D eigenvalue weighted by Crippen LogP contribution is 2.37. The summed E-state index contributed by atoms with van der Waals surface area (Å²) in [5.74, 6) is 0.589. The van der Waals surface area contributed by atoms with Crippen molar-refractivity contribution in [1.82, 2.24) is 20.8 Å². The standard InChI is InChI=1S/C17H19FN4OS/c18-12-5-2-4-11-13(7-8-24-16(11)12)20-17(23)21-14-6-1-3-10-9-19-22-15(10)14/h2,4-5,9,13-14H,1,3,6-8H2,(H,19,22)(H2,20,21,23). The summed E-state index contributed by atoms with van der Waals surface area (Å²) in [5, 5.41) is 13.1. The number of nitrogens with zero attached hydrogens (tertiary/aromatic N) is 1. The SMILES string of the molecule is O=C(NC1CCSc2c(F)cccc21)NC1CCCc2cn[nH]c21. The van der Waals surface area contributed by atoms with E-state index in [2.05, 4.69) is 20.8 Å². The van der Waals surface area contributed by atoms with Crippen molar-refractivity contribution in [3.8, 4) is 0 Å². The zero-order chi connectivity index (χ0) is 16.5. The third kappa shape index (κ3) is 2.88. The molecule has 2 aliphatic rings. The molecule has 2 unspecified atom stereocenters. The van der Waals surface area contributed by atoms with Gasteiger partial charge in [0.2, 0.25) is 0 Å². The normalized spacial score (nSPS) is 22.4. The molecule has 7 heteroatoms. The smallest absolute Gasteiger partial charge is 0.315 e. The van der Waals surface area contributed by atoms with Crippen molar-refractivity contribution >= 4 is 17.8 Å². The molecule has 126 valence electrons. The highest BCUT2D eigenvalue weighted by molar-refractivity contribution is 7.99. The minimum absolute atomic E-state index is 0.0406. The summed E-state index contributed by atoms with van der Waals surface area (Å²) in [6.45, 7) is 0. The molecule has 2 heterocycles. The Kier molecular flexibility index (Phi) is 4.18. The molecule has 0 spiro atoms. The van der Waals surface area contributed by atoms with E-state index < -0.39 is 0 Å². The molecule has 5 nitrogen and oxygen atoms in total. The lowest BCUT2D eigenvalue weighted by molar-refractivity contribution is 0.230. The van der Waals surface area contributed by atoms with Crippen LogP contribution in [-0.2, 0) is 6.42 Å². The van der Waals surface area contributed by atoms with Crippen LogP contribution in [0.5, 0.6) is 0 Å². The first-order valence-electron chi connectivity index (χ1n) is 8.23. The number of halogens is 1. The van der Waals surface area contributed by atoms with Gasteiger partial charge >= 0.3 is 6.03 Å². The lowest BCUT2D eigenvalue weighted by Crippen LogP contribution is -2.41. The summed E-state index contributed by atoms with van der Waals surface area (Å²) in [6.07, 6.45) is 5.56. The lowest BCUT2D eigenvalue weighted by Gasteiger charge is -2.28. The van der Waals surface area contributed by atoms with Crippen LogP contribution in [0.3, 0.4) is 0 Å². The highest BCUT2D eigenvalue weighted by Gasteiger charge is 2.27. The van der Waals surface area contributed by atoms with E-state index in [-0.39, 0.29) is 23.9 Å². The average molecular weight is 346 g/mol. The second-order valence-electron chi connectivity index (χ2n) is 6.22. The number of aromatic nitrogens is 2. The van der Waals surface area contributed by atoms with Crippen molar-refractivity contribution in [2.24, 2.45) is 0 Å². The van der Waals surface area contributed by atoms with Gasteiger partial charge in [-0.15, -0.1) is 11.8 Å². The fourth-order valence-electron chi connectivity index (χ4n) is 3.50. The molecular weight excluding hydrogens is 327 g/mol. The number of aromatic amines is 1. The maximum absolute atomic E-state index is 13.9. The molecule has 2 aromatic rings. The number of aryl methyl sites for hydroxylation is 1. The van der Waals surface area contributed by atoms with Gasteiger partial charge in [0, 0.05) is 10.6 Å². The van der Waals surface area contributed by atoms with Gasteiger partial charge in [0.05, 0.1) is 24.0 Å². The summed E-state index contributed by atoms with van der Waals surface area (Å²) in [6, 6.07) is 4.65. The van der Waals surface area contributed by atoms with Crippen LogP contribution in [0.25, 0.3) is 0 Å². The summed E-state index contributed by atoms with van der Waals surface area (Å²) < 4.78 is 13.9. The molecule has 2 atom stereocenters. The van der Waals surface area contributed by atoms with Crippen LogP contribution in [0.2, 0.25) is 0 Å². The Morgan fingerprint density at radius 1 is 1.29 bits per heavy atom. The van der Waals surface area contributed by atoms with E-state index in [1.807, 2.05) is 12.3 Å². The predicted octanol–water partition coefficient (Wildman–Crippen LogP) is 3.46. The third-order valence-electron chi connectivity index (χ3n) is 4.68. The number of hydrogen-bond acceptors (Lipinski definition) is 3. The minimum Gasteiger partial charge on any atom is -0.331 e. The van der Waals surface area contributed by atoms with Gasteiger partial charge in [-0.3, -0.25) is 5.10 Å². The zero-order valence-corrected chi connectivity index (χ0v) is 14.0. The van der Waals surface area contributed by atoms with Crippen molar-refractivity contribution in [3.05, 3.63) is 47.0 Å². The number of fused-ring (bicyclic) bond motifs is 2. The molecule has 1 aromatic heterocycles. The van der Waals surface area contributed by atoms with Gasteiger partial charge in [0.15, 0.2) is 0 Å². The van der Waals surface area contributed by atoms with Crippen LogP contribution in [0.4, 0.5) is 9.18 Å². The van der Waals surface area contributed by atoms with Crippen molar-refractivity contribution < 1.29 is 9.18 Å². The Bertz CT molecular complexity index is 763. The van der Waals surface area contributed by atoms with Crippen molar-refractivity contribution in [3.63, 3.8) is 0 Å². The fourth-order valence-corrected chi connectivity index (χ4v) is 4.64. The van der Waals surface area contributed by atoms with E-state index in [0.717, 1.165) is 42.7 Å². The number of benzene rings is 1. The molecule has 24 heavy (non-hydrogen) atoms. The number of carbonyl (C=O) groups is 1. The zero-order valence-electron chi connectivity index (χ0n) is 13.1. The van der Waals surface area contributed by atoms with E-state index >= 15 is 0 Å². The Morgan fingerprint density at radius 3 is 3.08 bits per heavy atom. The van der Waals surface area contributed by atoms with Gasteiger partial charge in [-0.2, -0.15) is 5.10 Å². The van der Waals surface area contributed by atoms with Crippen molar-refractivity contribution in [2.45, 2.75) is 42.7 Å². The lowest BCUT2D eigenvalue weighted by atomic mass is 9.94. The van der Waals surface area contributed by atoms with Crippen LogP contribution < -0.4 is 10.6 Å². The maximum Gasteiger partial charge on any atom is 0.315 e.